The fraction of sp³-hybridized carbons (Fsp3) is 0.154. The van der Waals surface area contributed by atoms with Crippen LogP contribution in [0.15, 0.2) is 40.8 Å². The Morgan fingerprint density at radius 3 is 2.35 bits per heavy atom. The van der Waals surface area contributed by atoms with Gasteiger partial charge in [0.1, 0.15) is 10.7 Å². The van der Waals surface area contributed by atoms with E-state index >= 15 is 0 Å². The first-order valence-electron chi connectivity index (χ1n) is 5.15. The van der Waals surface area contributed by atoms with E-state index in [-0.39, 0.29) is 0 Å². The molecule has 0 saturated carbocycles. The summed E-state index contributed by atoms with van der Waals surface area (Å²) in [6.07, 6.45) is 0. The summed E-state index contributed by atoms with van der Waals surface area (Å²) in [4.78, 5) is 2.53. The molecule has 0 amide bonds. The molecular weight excluding hydrogens is 254 g/mol. The summed E-state index contributed by atoms with van der Waals surface area (Å²) in [5.74, 6) is 1.50. The molecule has 2 rings (SSSR count). The van der Waals surface area contributed by atoms with Gasteiger partial charge >= 0.3 is 0 Å². The molecule has 0 fully saturated rings. The average Bonchev–Trinajstić information content (AvgIpc) is 2.78. The summed E-state index contributed by atoms with van der Waals surface area (Å²) in [5, 5.41) is 0.712. The van der Waals surface area contributed by atoms with E-state index in [2.05, 4.69) is 0 Å². The van der Waals surface area contributed by atoms with Crippen LogP contribution in [0.25, 0.3) is 11.3 Å². The van der Waals surface area contributed by atoms with Crippen molar-refractivity contribution in [1.82, 2.24) is 4.90 Å². The van der Waals surface area contributed by atoms with Crippen LogP contribution in [-0.4, -0.2) is 24.0 Å². The van der Waals surface area contributed by atoms with Crippen molar-refractivity contribution >= 4 is 28.8 Å². The van der Waals surface area contributed by atoms with Gasteiger partial charge in [-0.05, 0) is 36.4 Å². The van der Waals surface area contributed by atoms with Crippen LogP contribution in [0.3, 0.4) is 0 Å². The van der Waals surface area contributed by atoms with Crippen LogP contribution in [0.5, 0.6) is 0 Å². The molecule has 1 heterocycles. The summed E-state index contributed by atoms with van der Waals surface area (Å²) >= 11 is 11.1. The molecular formula is C13H12ClNOS. The van der Waals surface area contributed by atoms with E-state index in [4.69, 9.17) is 28.2 Å². The van der Waals surface area contributed by atoms with Crippen LogP contribution in [0.2, 0.25) is 5.02 Å². The second-order valence-electron chi connectivity index (χ2n) is 3.87. The van der Waals surface area contributed by atoms with Gasteiger partial charge in [-0.1, -0.05) is 23.8 Å². The quantitative estimate of drug-likeness (QED) is 0.768. The molecule has 17 heavy (non-hydrogen) atoms. The van der Waals surface area contributed by atoms with Crippen LogP contribution >= 0.6 is 23.8 Å². The highest BCUT2D eigenvalue weighted by Gasteiger charge is 2.10. The molecule has 0 N–H and O–H groups in total. The highest BCUT2D eigenvalue weighted by Crippen LogP contribution is 2.24. The lowest BCUT2D eigenvalue weighted by atomic mass is 10.2. The monoisotopic (exact) mass is 265 g/mol. The molecule has 1 aromatic carbocycles. The topological polar surface area (TPSA) is 16.4 Å². The molecule has 0 aliphatic carbocycles. The number of hydrogen-bond acceptors (Lipinski definition) is 2. The molecule has 1 aromatic heterocycles. The first-order valence-corrected chi connectivity index (χ1v) is 5.94. The molecule has 2 nitrogen and oxygen atoms in total. The number of furan rings is 1. The van der Waals surface area contributed by atoms with Crippen molar-refractivity contribution in [3.8, 4) is 11.3 Å². The van der Waals surface area contributed by atoms with E-state index in [0.29, 0.717) is 15.8 Å². The minimum Gasteiger partial charge on any atom is -0.454 e. The Balaban J connectivity index is 2.30. The fourth-order valence-corrected chi connectivity index (χ4v) is 1.68. The van der Waals surface area contributed by atoms with Crippen molar-refractivity contribution < 1.29 is 4.42 Å². The molecule has 4 heteroatoms. The standard InChI is InChI=1S/C13H12ClNOS/c1-15(2)13(17)12-8-7-11(16-12)9-3-5-10(14)6-4-9/h3-8H,1-2H3. The van der Waals surface area contributed by atoms with Gasteiger partial charge in [0.05, 0.1) is 0 Å². The molecule has 0 atom stereocenters. The summed E-state index contributed by atoms with van der Waals surface area (Å²) in [7, 11) is 3.79. The zero-order chi connectivity index (χ0) is 12.4. The summed E-state index contributed by atoms with van der Waals surface area (Å²) in [6, 6.07) is 11.3. The highest BCUT2D eigenvalue weighted by atomic mass is 35.5. The molecule has 0 unspecified atom stereocenters. The number of halogens is 1. The second-order valence-corrected chi connectivity index (χ2v) is 4.69. The number of rotatable bonds is 2. The Hall–Kier alpha value is -1.32. The van der Waals surface area contributed by atoms with Gasteiger partial charge in [-0.15, -0.1) is 0 Å². The minimum atomic E-state index is 0.685. The van der Waals surface area contributed by atoms with Crippen molar-refractivity contribution in [2.45, 2.75) is 0 Å². The third-order valence-corrected chi connectivity index (χ3v) is 3.17. The van der Waals surface area contributed by atoms with Crippen LogP contribution in [0.4, 0.5) is 0 Å². The van der Waals surface area contributed by atoms with Gasteiger partial charge in [-0.3, -0.25) is 0 Å². The summed E-state index contributed by atoms with van der Waals surface area (Å²) < 4.78 is 5.71. The van der Waals surface area contributed by atoms with E-state index in [1.165, 1.54) is 0 Å². The third kappa shape index (κ3) is 2.68. The lowest BCUT2D eigenvalue weighted by Gasteiger charge is -2.10. The van der Waals surface area contributed by atoms with Crippen molar-refractivity contribution in [2.75, 3.05) is 14.1 Å². The Labute approximate surface area is 111 Å². The Bertz CT molecular complexity index is 531. The normalized spacial score (nSPS) is 10.3. The maximum absolute atomic E-state index is 5.84. The predicted octanol–water partition coefficient (Wildman–Crippen LogP) is 3.84. The number of nitrogens with zero attached hydrogens (tertiary/aromatic N) is 1. The van der Waals surface area contributed by atoms with Gasteiger partial charge in [-0.2, -0.15) is 0 Å². The van der Waals surface area contributed by atoms with Crippen LogP contribution < -0.4 is 0 Å². The summed E-state index contributed by atoms with van der Waals surface area (Å²) in [6.45, 7) is 0. The third-order valence-electron chi connectivity index (χ3n) is 2.35. The van der Waals surface area contributed by atoms with Gasteiger partial charge in [0.25, 0.3) is 0 Å². The highest BCUT2D eigenvalue weighted by molar-refractivity contribution is 7.80. The molecule has 0 spiro atoms. The van der Waals surface area contributed by atoms with Gasteiger partial charge in [0, 0.05) is 24.7 Å². The largest absolute Gasteiger partial charge is 0.454 e. The molecule has 0 aliphatic rings. The van der Waals surface area contributed by atoms with Gasteiger partial charge in [0.2, 0.25) is 0 Å². The minimum absolute atomic E-state index is 0.685. The van der Waals surface area contributed by atoms with Gasteiger partial charge in [0.15, 0.2) is 5.76 Å². The van der Waals surface area contributed by atoms with Gasteiger partial charge in [-0.25, -0.2) is 0 Å². The fourth-order valence-electron chi connectivity index (χ4n) is 1.44. The first-order chi connectivity index (χ1) is 8.08. The molecule has 0 aliphatic heterocycles. The van der Waals surface area contributed by atoms with E-state index < -0.39 is 0 Å². The zero-order valence-electron chi connectivity index (χ0n) is 9.61. The molecule has 0 radical (unpaired) electrons. The van der Waals surface area contributed by atoms with Crippen LogP contribution in [0, 0.1) is 0 Å². The maximum atomic E-state index is 5.84. The predicted molar refractivity (Wildman–Crippen MR) is 74.5 cm³/mol. The van der Waals surface area contributed by atoms with Crippen molar-refractivity contribution in [1.29, 1.82) is 0 Å². The maximum Gasteiger partial charge on any atom is 0.162 e. The number of hydrogen-bond donors (Lipinski definition) is 0. The number of benzene rings is 1. The molecule has 0 bridgehead atoms. The molecule has 88 valence electrons. The Kier molecular flexibility index (Phi) is 3.50. The van der Waals surface area contributed by atoms with Crippen molar-refractivity contribution in [3.63, 3.8) is 0 Å². The average molecular weight is 266 g/mol. The number of thiocarbonyl (C=S) groups is 1. The Morgan fingerprint density at radius 1 is 1.12 bits per heavy atom. The Morgan fingerprint density at radius 2 is 1.76 bits per heavy atom. The van der Waals surface area contributed by atoms with Crippen molar-refractivity contribution in [3.05, 3.63) is 47.2 Å². The first kappa shape index (κ1) is 12.1. The SMILES string of the molecule is CN(C)C(=S)c1ccc(-c2ccc(Cl)cc2)o1. The van der Waals surface area contributed by atoms with E-state index in [9.17, 15) is 0 Å². The van der Waals surface area contributed by atoms with Crippen LogP contribution in [-0.2, 0) is 0 Å². The molecule has 0 saturated heterocycles. The van der Waals surface area contributed by atoms with E-state index in [1.807, 2.05) is 55.4 Å². The lowest BCUT2D eigenvalue weighted by molar-refractivity contribution is 0.545. The lowest BCUT2D eigenvalue weighted by Crippen LogP contribution is -2.19. The smallest absolute Gasteiger partial charge is 0.162 e. The molecule has 2 aromatic rings. The van der Waals surface area contributed by atoms with E-state index in [1.54, 1.807) is 0 Å². The second kappa shape index (κ2) is 4.90. The van der Waals surface area contributed by atoms with E-state index in [0.717, 1.165) is 11.3 Å². The zero-order valence-corrected chi connectivity index (χ0v) is 11.2. The van der Waals surface area contributed by atoms with Crippen molar-refractivity contribution in [2.24, 2.45) is 0 Å². The van der Waals surface area contributed by atoms with Crippen LogP contribution in [0.1, 0.15) is 5.76 Å². The summed E-state index contributed by atoms with van der Waals surface area (Å²) in [5.41, 5.74) is 0.988. The van der Waals surface area contributed by atoms with Gasteiger partial charge < -0.3 is 9.32 Å².